The largest absolute Gasteiger partial charge is 0.471 e. The van der Waals surface area contributed by atoms with E-state index in [2.05, 4.69) is 20.2 Å². The van der Waals surface area contributed by atoms with Crippen molar-refractivity contribution in [1.29, 1.82) is 0 Å². The number of ether oxygens (including phenoxy) is 1. The van der Waals surface area contributed by atoms with Crippen molar-refractivity contribution in [3.05, 3.63) is 60.8 Å². The summed E-state index contributed by atoms with van der Waals surface area (Å²) in [6, 6.07) is 9.48. The Morgan fingerprint density at radius 2 is 2.04 bits per heavy atom. The number of hydrogen-bond donors (Lipinski definition) is 0. The van der Waals surface area contributed by atoms with Gasteiger partial charge in [0.1, 0.15) is 6.10 Å². The molecule has 4 rings (SSSR count). The number of carbonyl (C=O) groups is 1. The van der Waals surface area contributed by atoms with Crippen molar-refractivity contribution in [3.8, 4) is 11.6 Å². The third-order valence-corrected chi connectivity index (χ3v) is 3.96. The van der Waals surface area contributed by atoms with Crippen LogP contribution in [0.1, 0.15) is 16.9 Å². The van der Waals surface area contributed by atoms with Crippen molar-refractivity contribution < 1.29 is 9.53 Å². The minimum Gasteiger partial charge on any atom is -0.471 e. The first-order chi connectivity index (χ1) is 12.3. The van der Waals surface area contributed by atoms with Gasteiger partial charge in [-0.1, -0.05) is 18.2 Å². The molecule has 8 nitrogen and oxygen atoms in total. The fourth-order valence-corrected chi connectivity index (χ4v) is 2.73. The topological polar surface area (TPSA) is 86.0 Å². The van der Waals surface area contributed by atoms with Crippen LogP contribution in [0.4, 0.5) is 0 Å². The van der Waals surface area contributed by atoms with Crippen LogP contribution in [0.2, 0.25) is 0 Å². The highest BCUT2D eigenvalue weighted by atomic mass is 16.5. The van der Waals surface area contributed by atoms with Crippen LogP contribution in [0.3, 0.4) is 0 Å². The van der Waals surface area contributed by atoms with E-state index in [9.17, 15) is 4.79 Å². The van der Waals surface area contributed by atoms with Crippen LogP contribution >= 0.6 is 0 Å². The molecule has 3 heterocycles. The Labute approximate surface area is 144 Å². The first-order valence-electron chi connectivity index (χ1n) is 7.99. The van der Waals surface area contributed by atoms with E-state index >= 15 is 0 Å². The third kappa shape index (κ3) is 3.32. The van der Waals surface area contributed by atoms with E-state index in [0.717, 1.165) is 12.1 Å². The van der Waals surface area contributed by atoms with Gasteiger partial charge in [-0.25, -0.2) is 4.98 Å². The van der Waals surface area contributed by atoms with E-state index < -0.39 is 0 Å². The van der Waals surface area contributed by atoms with Gasteiger partial charge in [-0.15, -0.1) is 5.10 Å². The predicted octanol–water partition coefficient (Wildman–Crippen LogP) is 1.35. The zero-order valence-electron chi connectivity index (χ0n) is 13.4. The number of rotatable bonds is 4. The smallest absolute Gasteiger partial charge is 0.276 e. The van der Waals surface area contributed by atoms with E-state index in [1.807, 2.05) is 30.3 Å². The molecule has 1 fully saturated rings. The second-order valence-electron chi connectivity index (χ2n) is 5.68. The van der Waals surface area contributed by atoms with Crippen LogP contribution < -0.4 is 4.74 Å². The molecule has 1 aromatic carbocycles. The van der Waals surface area contributed by atoms with Gasteiger partial charge in [-0.05, 0) is 12.1 Å². The molecular weight excluding hydrogens is 320 g/mol. The normalized spacial score (nSPS) is 16.8. The van der Waals surface area contributed by atoms with E-state index in [4.69, 9.17) is 4.74 Å². The lowest BCUT2D eigenvalue weighted by atomic mass is 10.3. The van der Waals surface area contributed by atoms with Gasteiger partial charge >= 0.3 is 0 Å². The maximum absolute atomic E-state index is 12.6. The van der Waals surface area contributed by atoms with Gasteiger partial charge in [0.15, 0.2) is 5.69 Å². The maximum atomic E-state index is 12.6. The van der Waals surface area contributed by atoms with Crippen LogP contribution in [0.5, 0.6) is 5.88 Å². The third-order valence-electron chi connectivity index (χ3n) is 3.96. The number of aromatic nitrogens is 5. The van der Waals surface area contributed by atoms with Crippen LogP contribution in [-0.4, -0.2) is 55.0 Å². The molecule has 0 radical (unpaired) electrons. The Morgan fingerprint density at radius 3 is 2.84 bits per heavy atom. The molecule has 1 aliphatic heterocycles. The molecule has 0 saturated carbocycles. The lowest BCUT2D eigenvalue weighted by Crippen LogP contribution is -2.31. The molecule has 1 aliphatic rings. The van der Waals surface area contributed by atoms with Gasteiger partial charge in [0, 0.05) is 25.4 Å². The zero-order chi connectivity index (χ0) is 17.1. The summed E-state index contributed by atoms with van der Waals surface area (Å²) in [7, 11) is 0. The number of para-hydroxylation sites is 1. The highest BCUT2D eigenvalue weighted by Crippen LogP contribution is 2.17. The van der Waals surface area contributed by atoms with Gasteiger partial charge in [0.25, 0.3) is 5.91 Å². The lowest BCUT2D eigenvalue weighted by Gasteiger charge is -2.15. The zero-order valence-corrected chi connectivity index (χ0v) is 13.4. The summed E-state index contributed by atoms with van der Waals surface area (Å²) < 4.78 is 5.76. The van der Waals surface area contributed by atoms with E-state index in [1.54, 1.807) is 23.5 Å². The number of nitrogens with zero attached hydrogens (tertiary/aromatic N) is 6. The second-order valence-corrected chi connectivity index (χ2v) is 5.68. The quantitative estimate of drug-likeness (QED) is 0.715. The second kappa shape index (κ2) is 6.68. The van der Waals surface area contributed by atoms with Gasteiger partial charge in [0.05, 0.1) is 24.6 Å². The molecule has 0 spiro atoms. The van der Waals surface area contributed by atoms with Gasteiger partial charge < -0.3 is 9.64 Å². The summed E-state index contributed by atoms with van der Waals surface area (Å²) >= 11 is 0. The SMILES string of the molecule is O=C(c1cnn(-c2ccccc2)n1)N1CCC(Oc2cnccn2)C1. The number of hydrogen-bond acceptors (Lipinski definition) is 6. The molecule has 25 heavy (non-hydrogen) atoms. The fraction of sp³-hybridized carbons (Fsp3) is 0.235. The highest BCUT2D eigenvalue weighted by molar-refractivity contribution is 5.92. The number of carbonyl (C=O) groups excluding carboxylic acids is 1. The molecule has 3 aromatic rings. The molecule has 0 N–H and O–H groups in total. The minimum absolute atomic E-state index is 0.0928. The maximum Gasteiger partial charge on any atom is 0.276 e. The summed E-state index contributed by atoms with van der Waals surface area (Å²) in [5, 5.41) is 8.46. The van der Waals surface area contributed by atoms with Crippen molar-refractivity contribution >= 4 is 5.91 Å². The summed E-state index contributed by atoms with van der Waals surface area (Å²) in [6.07, 6.45) is 6.88. The Hall–Kier alpha value is -3.29. The number of likely N-dealkylation sites (tertiary alicyclic amines) is 1. The molecule has 1 saturated heterocycles. The molecule has 126 valence electrons. The summed E-state index contributed by atoms with van der Waals surface area (Å²) in [5.41, 5.74) is 1.14. The van der Waals surface area contributed by atoms with E-state index in [1.165, 1.54) is 11.0 Å². The van der Waals surface area contributed by atoms with Gasteiger partial charge in [-0.3, -0.25) is 9.78 Å². The Bertz CT molecular complexity index is 852. The molecule has 0 bridgehead atoms. The van der Waals surface area contributed by atoms with Crippen LogP contribution in [0, 0.1) is 0 Å². The Kier molecular flexibility index (Phi) is 4.07. The standard InChI is InChI=1S/C17H16N6O2/c24-17(15-10-20-23(21-15)13-4-2-1-3-5-13)22-9-6-14(12-22)25-16-11-18-7-8-19-16/h1-5,7-8,10-11,14H,6,9,12H2. The average Bonchev–Trinajstić information content (AvgIpc) is 3.33. The van der Waals surface area contributed by atoms with Crippen molar-refractivity contribution in [1.82, 2.24) is 29.9 Å². The van der Waals surface area contributed by atoms with Crippen LogP contribution in [0.15, 0.2) is 55.1 Å². The molecule has 1 atom stereocenters. The van der Waals surface area contributed by atoms with Crippen LogP contribution in [0.25, 0.3) is 5.69 Å². The molecular formula is C17H16N6O2. The van der Waals surface area contributed by atoms with Crippen molar-refractivity contribution in [2.75, 3.05) is 13.1 Å². The lowest BCUT2D eigenvalue weighted by molar-refractivity contribution is 0.0765. The summed E-state index contributed by atoms with van der Waals surface area (Å²) in [5.74, 6) is 0.323. The summed E-state index contributed by atoms with van der Waals surface area (Å²) in [4.78, 5) is 23.9. The van der Waals surface area contributed by atoms with Crippen molar-refractivity contribution in [3.63, 3.8) is 0 Å². The predicted molar refractivity (Wildman–Crippen MR) is 88.3 cm³/mol. The van der Waals surface area contributed by atoms with Crippen molar-refractivity contribution in [2.45, 2.75) is 12.5 Å². The Morgan fingerprint density at radius 1 is 1.16 bits per heavy atom. The van der Waals surface area contributed by atoms with Gasteiger partial charge in [0.2, 0.25) is 5.88 Å². The van der Waals surface area contributed by atoms with E-state index in [0.29, 0.717) is 24.7 Å². The fourth-order valence-electron chi connectivity index (χ4n) is 2.73. The molecule has 1 amide bonds. The summed E-state index contributed by atoms with van der Waals surface area (Å²) in [6.45, 7) is 1.11. The number of amides is 1. The van der Waals surface area contributed by atoms with E-state index in [-0.39, 0.29) is 12.0 Å². The first-order valence-corrected chi connectivity index (χ1v) is 7.99. The molecule has 1 unspecified atom stereocenters. The average molecular weight is 336 g/mol. The molecule has 0 aliphatic carbocycles. The minimum atomic E-state index is -0.146. The van der Waals surface area contributed by atoms with Crippen molar-refractivity contribution in [2.24, 2.45) is 0 Å². The monoisotopic (exact) mass is 336 g/mol. The first kappa shape index (κ1) is 15.3. The van der Waals surface area contributed by atoms with Gasteiger partial charge in [-0.2, -0.15) is 9.90 Å². The highest BCUT2D eigenvalue weighted by Gasteiger charge is 2.30. The molecule has 8 heteroatoms. The Balaban J connectivity index is 1.41. The molecule has 2 aromatic heterocycles. The van der Waals surface area contributed by atoms with Crippen LogP contribution in [-0.2, 0) is 0 Å². The number of benzene rings is 1.